The quantitative estimate of drug-likeness (QED) is 0.724. The smallest absolute Gasteiger partial charge is 0.240 e. The predicted octanol–water partition coefficient (Wildman–Crippen LogP) is 2.48. The summed E-state index contributed by atoms with van der Waals surface area (Å²) < 4.78 is 26.8. The van der Waals surface area contributed by atoms with Crippen molar-refractivity contribution < 1.29 is 18.0 Å². The van der Waals surface area contributed by atoms with Crippen molar-refractivity contribution in [2.45, 2.75) is 24.2 Å². The Kier molecular flexibility index (Phi) is 6.59. The minimum atomic E-state index is -3.60. The third kappa shape index (κ3) is 5.05. The minimum absolute atomic E-state index is 0.0545. The van der Waals surface area contributed by atoms with Crippen LogP contribution >= 0.6 is 0 Å². The summed E-state index contributed by atoms with van der Waals surface area (Å²) in [6.07, 6.45) is 1.37. The third-order valence-corrected chi connectivity index (χ3v) is 6.44. The van der Waals surface area contributed by atoms with Gasteiger partial charge in [-0.3, -0.25) is 9.59 Å². The molecule has 1 aliphatic heterocycles. The van der Waals surface area contributed by atoms with E-state index in [0.717, 1.165) is 0 Å². The van der Waals surface area contributed by atoms with Gasteiger partial charge in [-0.15, -0.1) is 0 Å². The fourth-order valence-electron chi connectivity index (χ4n) is 3.36. The molecule has 6 nitrogen and oxygen atoms in total. The Labute approximate surface area is 165 Å². The molecule has 1 N–H and O–H groups in total. The van der Waals surface area contributed by atoms with Gasteiger partial charge in [0.15, 0.2) is 5.78 Å². The van der Waals surface area contributed by atoms with Crippen molar-refractivity contribution in [2.75, 3.05) is 19.6 Å². The lowest BCUT2D eigenvalue weighted by Crippen LogP contribution is -2.41. The number of likely N-dealkylation sites (tertiary alicyclic amines) is 1. The summed E-state index contributed by atoms with van der Waals surface area (Å²) in [6, 6.07) is 17.3. The van der Waals surface area contributed by atoms with E-state index in [1.165, 1.54) is 12.1 Å². The molecule has 1 heterocycles. The van der Waals surface area contributed by atoms with Gasteiger partial charge < -0.3 is 4.90 Å². The molecular formula is C21H24N2O4S. The first-order valence-corrected chi connectivity index (χ1v) is 10.9. The van der Waals surface area contributed by atoms with Gasteiger partial charge in [-0.2, -0.15) is 0 Å². The van der Waals surface area contributed by atoms with Gasteiger partial charge in [0.1, 0.15) is 0 Å². The van der Waals surface area contributed by atoms with Crippen LogP contribution in [0.15, 0.2) is 65.6 Å². The average molecular weight is 401 g/mol. The minimum Gasteiger partial charge on any atom is -0.343 e. The Hall–Kier alpha value is -2.51. The normalized spacial score (nSPS) is 15.4. The van der Waals surface area contributed by atoms with Crippen LogP contribution in [0.3, 0.4) is 0 Å². The Balaban J connectivity index is 1.45. The standard InChI is InChI=1S/C21H24N2O4S/c24-20(11-14-22-28(26,27)19-9-5-2-6-10-19)23-15-12-18(13-16-23)21(25)17-7-3-1-4-8-17/h1-10,18,22H,11-16H2. The van der Waals surface area contributed by atoms with E-state index in [9.17, 15) is 18.0 Å². The second kappa shape index (κ2) is 9.12. The topological polar surface area (TPSA) is 83.6 Å². The molecule has 0 atom stereocenters. The molecule has 7 heteroatoms. The van der Waals surface area contributed by atoms with E-state index in [0.29, 0.717) is 31.5 Å². The first-order valence-electron chi connectivity index (χ1n) is 9.39. The molecule has 0 bridgehead atoms. The average Bonchev–Trinajstić information content (AvgIpc) is 2.74. The van der Waals surface area contributed by atoms with Crippen LogP contribution in [-0.2, 0) is 14.8 Å². The van der Waals surface area contributed by atoms with Crippen molar-refractivity contribution in [3.8, 4) is 0 Å². The van der Waals surface area contributed by atoms with Crippen LogP contribution in [-0.4, -0.2) is 44.6 Å². The maximum absolute atomic E-state index is 12.5. The first kappa shape index (κ1) is 20.2. The number of nitrogens with one attached hydrogen (secondary N) is 1. The van der Waals surface area contributed by atoms with Crippen LogP contribution in [0.25, 0.3) is 0 Å². The lowest BCUT2D eigenvalue weighted by Gasteiger charge is -2.31. The van der Waals surface area contributed by atoms with Crippen LogP contribution < -0.4 is 4.72 Å². The van der Waals surface area contributed by atoms with E-state index in [2.05, 4.69) is 4.72 Å². The Morgan fingerprint density at radius 1 is 0.929 bits per heavy atom. The zero-order chi connectivity index (χ0) is 20.0. The van der Waals surface area contributed by atoms with Crippen LogP contribution in [0.5, 0.6) is 0 Å². The zero-order valence-corrected chi connectivity index (χ0v) is 16.4. The van der Waals surface area contributed by atoms with E-state index < -0.39 is 10.0 Å². The molecular weight excluding hydrogens is 376 g/mol. The third-order valence-electron chi connectivity index (χ3n) is 4.96. The fourth-order valence-corrected chi connectivity index (χ4v) is 4.42. The predicted molar refractivity (Wildman–Crippen MR) is 106 cm³/mol. The molecule has 1 amide bonds. The molecule has 2 aromatic carbocycles. The number of Topliss-reactive ketones (excluding diaryl/α,β-unsaturated/α-hetero) is 1. The lowest BCUT2D eigenvalue weighted by atomic mass is 9.89. The fraction of sp³-hybridized carbons (Fsp3) is 0.333. The number of hydrogen-bond acceptors (Lipinski definition) is 4. The van der Waals surface area contributed by atoms with E-state index in [4.69, 9.17) is 0 Å². The van der Waals surface area contributed by atoms with E-state index in [-0.39, 0.29) is 35.5 Å². The summed E-state index contributed by atoms with van der Waals surface area (Å²) in [7, 11) is -3.60. The monoisotopic (exact) mass is 400 g/mol. The van der Waals surface area contributed by atoms with Gasteiger partial charge in [0.2, 0.25) is 15.9 Å². The molecule has 0 aliphatic carbocycles. The summed E-state index contributed by atoms with van der Waals surface area (Å²) in [6.45, 7) is 1.10. The van der Waals surface area contributed by atoms with E-state index in [1.807, 2.05) is 30.3 Å². The molecule has 28 heavy (non-hydrogen) atoms. The van der Waals surface area contributed by atoms with Crippen molar-refractivity contribution in [1.82, 2.24) is 9.62 Å². The summed E-state index contributed by atoms with van der Waals surface area (Å²) in [5.74, 6) is -0.0345. The number of amides is 1. The van der Waals surface area contributed by atoms with Gasteiger partial charge in [-0.05, 0) is 25.0 Å². The highest BCUT2D eigenvalue weighted by Crippen LogP contribution is 2.22. The van der Waals surface area contributed by atoms with Crippen LogP contribution in [0.2, 0.25) is 0 Å². The highest BCUT2D eigenvalue weighted by atomic mass is 32.2. The van der Waals surface area contributed by atoms with Crippen molar-refractivity contribution in [2.24, 2.45) is 5.92 Å². The number of piperidine rings is 1. The Morgan fingerprint density at radius 3 is 2.11 bits per heavy atom. The van der Waals surface area contributed by atoms with Crippen LogP contribution in [0.4, 0.5) is 0 Å². The molecule has 148 valence electrons. The van der Waals surface area contributed by atoms with Gasteiger partial charge in [-0.25, -0.2) is 13.1 Å². The Morgan fingerprint density at radius 2 is 1.50 bits per heavy atom. The number of carbonyl (C=O) groups is 2. The number of carbonyl (C=O) groups excluding carboxylic acids is 2. The second-order valence-corrected chi connectivity index (χ2v) is 8.61. The summed E-state index contributed by atoms with van der Waals surface area (Å²) in [5, 5.41) is 0. The number of hydrogen-bond donors (Lipinski definition) is 1. The molecule has 0 spiro atoms. The van der Waals surface area contributed by atoms with E-state index in [1.54, 1.807) is 23.1 Å². The Bertz CT molecular complexity index is 906. The maximum atomic E-state index is 12.5. The van der Waals surface area contributed by atoms with Crippen molar-refractivity contribution in [3.63, 3.8) is 0 Å². The number of ketones is 1. The number of nitrogens with zero attached hydrogens (tertiary/aromatic N) is 1. The molecule has 2 aromatic rings. The summed E-state index contributed by atoms with van der Waals surface area (Å²) >= 11 is 0. The second-order valence-electron chi connectivity index (χ2n) is 6.85. The highest BCUT2D eigenvalue weighted by molar-refractivity contribution is 7.89. The first-order chi connectivity index (χ1) is 13.5. The largest absolute Gasteiger partial charge is 0.343 e. The highest BCUT2D eigenvalue weighted by Gasteiger charge is 2.27. The van der Waals surface area contributed by atoms with Crippen molar-refractivity contribution in [3.05, 3.63) is 66.2 Å². The molecule has 1 fully saturated rings. The van der Waals surface area contributed by atoms with Gasteiger partial charge in [0, 0.05) is 37.5 Å². The zero-order valence-electron chi connectivity index (χ0n) is 15.6. The summed E-state index contributed by atoms with van der Waals surface area (Å²) in [5.41, 5.74) is 0.711. The molecule has 1 saturated heterocycles. The van der Waals surface area contributed by atoms with E-state index >= 15 is 0 Å². The maximum Gasteiger partial charge on any atom is 0.240 e. The van der Waals surface area contributed by atoms with Crippen molar-refractivity contribution in [1.29, 1.82) is 0 Å². The van der Waals surface area contributed by atoms with Gasteiger partial charge in [-0.1, -0.05) is 48.5 Å². The molecule has 1 aliphatic rings. The molecule has 0 aromatic heterocycles. The van der Waals surface area contributed by atoms with Crippen molar-refractivity contribution >= 4 is 21.7 Å². The summed E-state index contributed by atoms with van der Waals surface area (Å²) in [4.78, 5) is 26.8. The SMILES string of the molecule is O=C(c1ccccc1)C1CCN(C(=O)CCNS(=O)(=O)c2ccccc2)CC1. The van der Waals surface area contributed by atoms with Gasteiger partial charge in [0.25, 0.3) is 0 Å². The van der Waals surface area contributed by atoms with Crippen LogP contribution in [0.1, 0.15) is 29.6 Å². The van der Waals surface area contributed by atoms with Crippen LogP contribution in [0, 0.1) is 5.92 Å². The molecule has 0 unspecified atom stereocenters. The number of sulfonamides is 1. The van der Waals surface area contributed by atoms with Gasteiger partial charge >= 0.3 is 0 Å². The number of benzene rings is 2. The van der Waals surface area contributed by atoms with Gasteiger partial charge in [0.05, 0.1) is 4.90 Å². The lowest BCUT2D eigenvalue weighted by molar-refractivity contribution is -0.132. The molecule has 0 radical (unpaired) electrons. The molecule has 3 rings (SSSR count). The molecule has 0 saturated carbocycles. The number of rotatable bonds is 7.